The van der Waals surface area contributed by atoms with E-state index in [9.17, 15) is 13.2 Å². The number of nitrogens with one attached hydrogen (secondary N) is 1. The summed E-state index contributed by atoms with van der Waals surface area (Å²) in [6.07, 6.45) is 0.304. The van der Waals surface area contributed by atoms with E-state index < -0.39 is 10.0 Å². The first-order valence-electron chi connectivity index (χ1n) is 10.7. The van der Waals surface area contributed by atoms with E-state index >= 15 is 0 Å². The summed E-state index contributed by atoms with van der Waals surface area (Å²) >= 11 is 1.15. The molecule has 174 valence electrons. The van der Waals surface area contributed by atoms with Crippen molar-refractivity contribution in [3.8, 4) is 11.4 Å². The van der Waals surface area contributed by atoms with Crippen LogP contribution in [0.3, 0.4) is 0 Å². The molecule has 0 saturated carbocycles. The molecule has 1 amide bonds. The second-order valence-corrected chi connectivity index (χ2v) is 11.1. The molecular weight excluding hydrogens is 472 g/mol. The Morgan fingerprint density at radius 1 is 1.09 bits per heavy atom. The van der Waals surface area contributed by atoms with Crippen molar-refractivity contribution in [1.29, 1.82) is 0 Å². The lowest BCUT2D eigenvalue weighted by molar-refractivity contribution is -0.117. The SMILES string of the molecule is Cc1ccc(N2C[C@H](c3nc(-c4ccc(NS(=O)(=O)c5cccs5)cc4)no3)CC2=O)cc1C. The summed E-state index contributed by atoms with van der Waals surface area (Å²) in [5, 5.41) is 5.78. The molecule has 10 heteroatoms. The number of carbonyl (C=O) groups excluding carboxylic acids is 1. The third-order valence-electron chi connectivity index (χ3n) is 5.87. The van der Waals surface area contributed by atoms with Crippen LogP contribution in [0, 0.1) is 13.8 Å². The average Bonchev–Trinajstić information content (AvgIpc) is 3.57. The maximum atomic E-state index is 12.6. The van der Waals surface area contributed by atoms with Gasteiger partial charge in [0.2, 0.25) is 17.6 Å². The van der Waals surface area contributed by atoms with Gasteiger partial charge in [0.15, 0.2) is 0 Å². The highest BCUT2D eigenvalue weighted by molar-refractivity contribution is 7.94. The van der Waals surface area contributed by atoms with Crippen molar-refractivity contribution in [2.75, 3.05) is 16.2 Å². The zero-order chi connectivity index (χ0) is 23.9. The van der Waals surface area contributed by atoms with Crippen LogP contribution in [0.4, 0.5) is 11.4 Å². The number of carbonyl (C=O) groups is 1. The van der Waals surface area contributed by atoms with E-state index in [2.05, 4.69) is 14.9 Å². The first kappa shape index (κ1) is 22.3. The fourth-order valence-corrected chi connectivity index (χ4v) is 5.89. The Morgan fingerprint density at radius 2 is 1.88 bits per heavy atom. The quantitative estimate of drug-likeness (QED) is 0.415. The number of aromatic nitrogens is 2. The Kier molecular flexibility index (Phi) is 5.70. The minimum atomic E-state index is -3.61. The van der Waals surface area contributed by atoms with E-state index in [4.69, 9.17) is 4.52 Å². The highest BCUT2D eigenvalue weighted by atomic mass is 32.2. The van der Waals surface area contributed by atoms with Gasteiger partial charge in [0, 0.05) is 29.9 Å². The smallest absolute Gasteiger partial charge is 0.271 e. The normalized spacial score (nSPS) is 16.2. The monoisotopic (exact) mass is 494 g/mol. The number of aryl methyl sites for hydroxylation is 2. The molecule has 1 saturated heterocycles. The summed E-state index contributed by atoms with van der Waals surface area (Å²) in [6.45, 7) is 4.55. The van der Waals surface area contributed by atoms with E-state index in [0.29, 0.717) is 35.9 Å². The first-order valence-corrected chi connectivity index (χ1v) is 13.0. The lowest BCUT2D eigenvalue weighted by atomic mass is 10.1. The van der Waals surface area contributed by atoms with Crippen LogP contribution < -0.4 is 9.62 Å². The van der Waals surface area contributed by atoms with Gasteiger partial charge in [-0.25, -0.2) is 8.42 Å². The maximum absolute atomic E-state index is 12.6. The van der Waals surface area contributed by atoms with E-state index in [1.807, 2.05) is 32.0 Å². The average molecular weight is 495 g/mol. The maximum Gasteiger partial charge on any atom is 0.271 e. The molecule has 5 rings (SSSR count). The van der Waals surface area contributed by atoms with E-state index in [0.717, 1.165) is 22.6 Å². The molecule has 1 aliphatic rings. The number of thiophene rings is 1. The van der Waals surface area contributed by atoms with Gasteiger partial charge in [-0.1, -0.05) is 17.3 Å². The number of anilines is 2. The molecule has 0 bridgehead atoms. The largest absolute Gasteiger partial charge is 0.339 e. The molecule has 2 aromatic carbocycles. The molecule has 3 heterocycles. The van der Waals surface area contributed by atoms with Crippen LogP contribution in [-0.4, -0.2) is 31.0 Å². The van der Waals surface area contributed by atoms with Gasteiger partial charge in [0.05, 0.1) is 5.92 Å². The van der Waals surface area contributed by atoms with E-state index in [1.54, 1.807) is 46.7 Å². The molecule has 34 heavy (non-hydrogen) atoms. The zero-order valence-electron chi connectivity index (χ0n) is 18.6. The Bertz CT molecular complexity index is 1440. The number of benzene rings is 2. The fraction of sp³-hybridized carbons (Fsp3) is 0.208. The van der Waals surface area contributed by atoms with Crippen LogP contribution in [0.1, 0.15) is 29.4 Å². The van der Waals surface area contributed by atoms with Crippen molar-refractivity contribution in [2.24, 2.45) is 0 Å². The second-order valence-electron chi connectivity index (χ2n) is 8.25. The molecule has 0 unspecified atom stereocenters. The molecule has 1 aliphatic heterocycles. The standard InChI is InChI=1S/C24H22N4O4S2/c1-15-5-10-20(12-16(15)2)28-14-18(13-21(28)29)24-25-23(26-32-24)17-6-8-19(9-7-17)27-34(30,31)22-4-3-11-33-22/h3-12,18,27H,13-14H2,1-2H3/t18-/m1/s1. The Hall–Kier alpha value is -3.50. The molecular formula is C24H22N4O4S2. The number of hydrogen-bond acceptors (Lipinski definition) is 7. The molecule has 1 fully saturated rings. The molecule has 1 N–H and O–H groups in total. The van der Waals surface area contributed by atoms with Crippen LogP contribution in [0.5, 0.6) is 0 Å². The first-order chi connectivity index (χ1) is 16.3. The van der Waals surface area contributed by atoms with Gasteiger partial charge in [-0.05, 0) is 72.8 Å². The molecule has 2 aromatic heterocycles. The predicted molar refractivity (Wildman–Crippen MR) is 130 cm³/mol. The lowest BCUT2D eigenvalue weighted by Crippen LogP contribution is -2.24. The summed E-state index contributed by atoms with van der Waals surface area (Å²) in [4.78, 5) is 18.9. The lowest BCUT2D eigenvalue weighted by Gasteiger charge is -2.17. The van der Waals surface area contributed by atoms with Crippen LogP contribution >= 0.6 is 11.3 Å². The predicted octanol–water partition coefficient (Wildman–Crippen LogP) is 4.74. The number of rotatable bonds is 6. The van der Waals surface area contributed by atoms with Crippen molar-refractivity contribution >= 4 is 38.6 Å². The van der Waals surface area contributed by atoms with Gasteiger partial charge in [-0.15, -0.1) is 11.3 Å². The number of hydrogen-bond donors (Lipinski definition) is 1. The van der Waals surface area contributed by atoms with Crippen molar-refractivity contribution in [1.82, 2.24) is 10.1 Å². The number of amides is 1. The highest BCUT2D eigenvalue weighted by Gasteiger charge is 2.35. The van der Waals surface area contributed by atoms with Crippen molar-refractivity contribution < 1.29 is 17.7 Å². The summed E-state index contributed by atoms with van der Waals surface area (Å²) in [7, 11) is -3.61. The summed E-state index contributed by atoms with van der Waals surface area (Å²) in [5.41, 5.74) is 4.31. The van der Waals surface area contributed by atoms with Crippen molar-refractivity contribution in [3.63, 3.8) is 0 Å². The van der Waals surface area contributed by atoms with E-state index in [-0.39, 0.29) is 16.0 Å². The van der Waals surface area contributed by atoms with Crippen LogP contribution in [0.2, 0.25) is 0 Å². The Balaban J connectivity index is 1.29. The summed E-state index contributed by atoms with van der Waals surface area (Å²) in [5.74, 6) is 0.638. The zero-order valence-corrected chi connectivity index (χ0v) is 20.2. The third-order valence-corrected chi connectivity index (χ3v) is 8.65. The molecule has 0 radical (unpaired) electrons. The number of nitrogens with zero attached hydrogens (tertiary/aromatic N) is 3. The topological polar surface area (TPSA) is 105 Å². The van der Waals surface area contributed by atoms with Crippen LogP contribution in [0.25, 0.3) is 11.4 Å². The van der Waals surface area contributed by atoms with Gasteiger partial charge in [-0.3, -0.25) is 9.52 Å². The molecule has 1 atom stereocenters. The van der Waals surface area contributed by atoms with Gasteiger partial charge < -0.3 is 9.42 Å². The molecule has 4 aromatic rings. The fourth-order valence-electron chi connectivity index (χ4n) is 3.84. The van der Waals surface area contributed by atoms with Crippen LogP contribution in [-0.2, 0) is 14.8 Å². The number of sulfonamides is 1. The Morgan fingerprint density at radius 3 is 2.59 bits per heavy atom. The molecule has 0 spiro atoms. The molecule has 0 aliphatic carbocycles. The van der Waals surface area contributed by atoms with Gasteiger partial charge >= 0.3 is 0 Å². The summed E-state index contributed by atoms with van der Waals surface area (Å²) in [6, 6.07) is 16.0. The van der Waals surface area contributed by atoms with Crippen LogP contribution in [0.15, 0.2) is 68.7 Å². The highest BCUT2D eigenvalue weighted by Crippen LogP contribution is 2.33. The molecule has 8 nitrogen and oxygen atoms in total. The van der Waals surface area contributed by atoms with Crippen molar-refractivity contribution in [3.05, 3.63) is 77.0 Å². The second kappa shape index (κ2) is 8.69. The third kappa shape index (κ3) is 4.34. The minimum Gasteiger partial charge on any atom is -0.339 e. The van der Waals surface area contributed by atoms with Crippen molar-refractivity contribution in [2.45, 2.75) is 30.4 Å². The van der Waals surface area contributed by atoms with Gasteiger partial charge in [0.25, 0.3) is 10.0 Å². The minimum absolute atomic E-state index is 0.0235. The van der Waals surface area contributed by atoms with E-state index in [1.165, 1.54) is 5.56 Å². The Labute approximate surface area is 201 Å². The van der Waals surface area contributed by atoms with Gasteiger partial charge in [0.1, 0.15) is 4.21 Å². The summed E-state index contributed by atoms with van der Waals surface area (Å²) < 4.78 is 33.1. The van der Waals surface area contributed by atoms with Gasteiger partial charge in [-0.2, -0.15) is 4.98 Å².